The van der Waals surface area contributed by atoms with Gasteiger partial charge >= 0.3 is 5.97 Å². The molecule has 2 aliphatic rings. The van der Waals surface area contributed by atoms with E-state index < -0.39 is 5.97 Å². The standard InChI is InChI=1S/C9H14O3/c10-7-3-6-1-2-9(7,4-6)5-8(11)12/h6-7,10H,1-5H2,(H,11,12). The third kappa shape index (κ3) is 1.04. The fraction of sp³-hybridized carbons (Fsp3) is 0.889. The van der Waals surface area contributed by atoms with Crippen LogP contribution in [-0.2, 0) is 4.79 Å². The highest BCUT2D eigenvalue weighted by atomic mass is 16.4. The first-order valence-corrected chi connectivity index (χ1v) is 4.52. The van der Waals surface area contributed by atoms with Gasteiger partial charge in [-0.25, -0.2) is 0 Å². The second-order valence-electron chi connectivity index (χ2n) is 4.29. The Morgan fingerprint density at radius 1 is 1.58 bits per heavy atom. The van der Waals surface area contributed by atoms with Crippen LogP contribution in [0, 0.1) is 11.3 Å². The number of fused-ring (bicyclic) bond motifs is 2. The summed E-state index contributed by atoms with van der Waals surface area (Å²) in [6, 6.07) is 0. The largest absolute Gasteiger partial charge is 0.481 e. The van der Waals surface area contributed by atoms with Crippen molar-refractivity contribution in [1.82, 2.24) is 0 Å². The van der Waals surface area contributed by atoms with Crippen molar-refractivity contribution in [1.29, 1.82) is 0 Å². The van der Waals surface area contributed by atoms with Crippen molar-refractivity contribution in [2.75, 3.05) is 0 Å². The number of carbonyl (C=O) groups is 1. The number of hydrogen-bond acceptors (Lipinski definition) is 2. The van der Waals surface area contributed by atoms with Gasteiger partial charge in [0.1, 0.15) is 0 Å². The van der Waals surface area contributed by atoms with Crippen LogP contribution in [0.5, 0.6) is 0 Å². The molecule has 2 N–H and O–H groups in total. The molecule has 0 spiro atoms. The number of aliphatic carboxylic acids is 1. The Kier molecular flexibility index (Phi) is 1.65. The average Bonchev–Trinajstić information content (AvgIpc) is 2.42. The Bertz CT molecular complexity index is 214. The lowest BCUT2D eigenvalue weighted by Gasteiger charge is -2.29. The molecular weight excluding hydrogens is 156 g/mol. The molecule has 0 aromatic carbocycles. The van der Waals surface area contributed by atoms with Gasteiger partial charge < -0.3 is 10.2 Å². The lowest BCUT2D eigenvalue weighted by atomic mass is 9.79. The Hall–Kier alpha value is -0.570. The smallest absolute Gasteiger partial charge is 0.304 e. The molecule has 2 aliphatic carbocycles. The van der Waals surface area contributed by atoms with Crippen molar-refractivity contribution in [3.8, 4) is 0 Å². The fourth-order valence-corrected chi connectivity index (χ4v) is 2.92. The van der Waals surface area contributed by atoms with E-state index in [0.29, 0.717) is 5.92 Å². The van der Waals surface area contributed by atoms with Crippen molar-refractivity contribution in [2.24, 2.45) is 11.3 Å². The fourth-order valence-electron chi connectivity index (χ4n) is 2.92. The third-order valence-electron chi connectivity index (χ3n) is 3.51. The first-order valence-electron chi connectivity index (χ1n) is 4.52. The molecule has 0 aromatic heterocycles. The number of aliphatic hydroxyl groups is 1. The van der Waals surface area contributed by atoms with Gasteiger partial charge in [0.2, 0.25) is 0 Å². The lowest BCUT2D eigenvalue weighted by Crippen LogP contribution is -2.32. The molecule has 3 unspecified atom stereocenters. The highest BCUT2D eigenvalue weighted by Crippen LogP contribution is 2.55. The highest BCUT2D eigenvalue weighted by molar-refractivity contribution is 5.68. The molecule has 3 atom stereocenters. The van der Waals surface area contributed by atoms with Crippen LogP contribution >= 0.6 is 0 Å². The van der Waals surface area contributed by atoms with Crippen LogP contribution in [0.3, 0.4) is 0 Å². The molecule has 12 heavy (non-hydrogen) atoms. The van der Waals surface area contributed by atoms with E-state index >= 15 is 0 Å². The zero-order chi connectivity index (χ0) is 8.77. The van der Waals surface area contributed by atoms with Gasteiger partial charge in [-0.2, -0.15) is 0 Å². The van der Waals surface area contributed by atoms with E-state index in [1.165, 1.54) is 0 Å². The maximum absolute atomic E-state index is 10.6. The van der Waals surface area contributed by atoms with Crippen LogP contribution in [0.25, 0.3) is 0 Å². The van der Waals surface area contributed by atoms with Gasteiger partial charge in [-0.05, 0) is 31.6 Å². The van der Waals surface area contributed by atoms with E-state index in [-0.39, 0.29) is 17.9 Å². The first kappa shape index (κ1) is 8.05. The van der Waals surface area contributed by atoms with Crippen LogP contribution in [-0.4, -0.2) is 22.3 Å². The summed E-state index contributed by atoms with van der Waals surface area (Å²) < 4.78 is 0. The third-order valence-corrected chi connectivity index (χ3v) is 3.51. The molecule has 3 nitrogen and oxygen atoms in total. The van der Waals surface area contributed by atoms with Gasteiger partial charge in [-0.1, -0.05) is 0 Å². The molecule has 0 radical (unpaired) electrons. The number of carboxylic acids is 1. The summed E-state index contributed by atoms with van der Waals surface area (Å²) in [7, 11) is 0. The molecule has 2 bridgehead atoms. The molecule has 2 fully saturated rings. The summed E-state index contributed by atoms with van der Waals surface area (Å²) in [4.78, 5) is 10.6. The van der Waals surface area contributed by atoms with Gasteiger partial charge in [0, 0.05) is 5.41 Å². The van der Waals surface area contributed by atoms with Crippen LogP contribution in [0.2, 0.25) is 0 Å². The molecule has 2 rings (SSSR count). The second-order valence-corrected chi connectivity index (χ2v) is 4.29. The van der Waals surface area contributed by atoms with Crippen LogP contribution in [0.4, 0.5) is 0 Å². The molecule has 68 valence electrons. The molecule has 2 saturated carbocycles. The molecule has 0 aromatic rings. The predicted molar refractivity (Wildman–Crippen MR) is 42.7 cm³/mol. The first-order chi connectivity index (χ1) is 5.62. The van der Waals surface area contributed by atoms with Crippen molar-refractivity contribution < 1.29 is 15.0 Å². The summed E-state index contributed by atoms with van der Waals surface area (Å²) in [5, 5.41) is 18.4. The number of hydrogen-bond donors (Lipinski definition) is 2. The van der Waals surface area contributed by atoms with E-state index in [9.17, 15) is 9.90 Å². The molecule has 0 saturated heterocycles. The molecule has 3 heteroatoms. The Labute approximate surface area is 71.4 Å². The predicted octanol–water partition coefficient (Wildman–Crippen LogP) is 1.01. The minimum absolute atomic E-state index is 0.157. The van der Waals surface area contributed by atoms with Crippen molar-refractivity contribution in [3.05, 3.63) is 0 Å². The van der Waals surface area contributed by atoms with E-state index in [1.807, 2.05) is 0 Å². The maximum atomic E-state index is 10.6. The summed E-state index contributed by atoms with van der Waals surface area (Å²) in [5.41, 5.74) is -0.253. The zero-order valence-electron chi connectivity index (χ0n) is 6.99. The second kappa shape index (κ2) is 2.46. The Morgan fingerprint density at radius 3 is 2.75 bits per heavy atom. The maximum Gasteiger partial charge on any atom is 0.304 e. The van der Waals surface area contributed by atoms with Gasteiger partial charge in [0.15, 0.2) is 0 Å². The quantitative estimate of drug-likeness (QED) is 0.650. The summed E-state index contributed by atoms with van der Waals surface area (Å²) in [6.45, 7) is 0. The Morgan fingerprint density at radius 2 is 2.33 bits per heavy atom. The normalized spacial score (nSPS) is 45.1. The molecule has 0 heterocycles. The van der Waals surface area contributed by atoms with Crippen LogP contribution in [0.1, 0.15) is 32.1 Å². The minimum atomic E-state index is -0.767. The molecule has 0 aliphatic heterocycles. The summed E-state index contributed by atoms with van der Waals surface area (Å²) in [6.07, 6.45) is 3.58. The minimum Gasteiger partial charge on any atom is -0.481 e. The van der Waals surface area contributed by atoms with Gasteiger partial charge in [-0.3, -0.25) is 4.79 Å². The SMILES string of the molecule is O=C(O)CC12CCC(CC1O)C2. The van der Waals surface area contributed by atoms with E-state index in [1.54, 1.807) is 0 Å². The van der Waals surface area contributed by atoms with Gasteiger partial charge in [0.25, 0.3) is 0 Å². The molecular formula is C9H14O3. The van der Waals surface area contributed by atoms with Crippen molar-refractivity contribution in [3.63, 3.8) is 0 Å². The van der Waals surface area contributed by atoms with E-state index in [2.05, 4.69) is 0 Å². The lowest BCUT2D eigenvalue weighted by molar-refractivity contribution is -0.141. The van der Waals surface area contributed by atoms with Gasteiger partial charge in [0.05, 0.1) is 12.5 Å². The van der Waals surface area contributed by atoms with Gasteiger partial charge in [-0.15, -0.1) is 0 Å². The van der Waals surface area contributed by atoms with Crippen molar-refractivity contribution in [2.45, 2.75) is 38.2 Å². The van der Waals surface area contributed by atoms with Crippen LogP contribution < -0.4 is 0 Å². The monoisotopic (exact) mass is 170 g/mol. The number of rotatable bonds is 2. The molecule has 0 amide bonds. The number of aliphatic hydroxyl groups excluding tert-OH is 1. The zero-order valence-corrected chi connectivity index (χ0v) is 6.99. The average molecular weight is 170 g/mol. The van der Waals surface area contributed by atoms with E-state index in [0.717, 1.165) is 25.7 Å². The topological polar surface area (TPSA) is 57.5 Å². The van der Waals surface area contributed by atoms with E-state index in [4.69, 9.17) is 5.11 Å². The highest BCUT2D eigenvalue weighted by Gasteiger charge is 2.52. The van der Waals surface area contributed by atoms with Crippen molar-refractivity contribution >= 4 is 5.97 Å². The van der Waals surface area contributed by atoms with Crippen LogP contribution in [0.15, 0.2) is 0 Å². The Balaban J connectivity index is 2.13. The number of carboxylic acid groups (broad SMARTS) is 1. The summed E-state index contributed by atoms with van der Waals surface area (Å²) >= 11 is 0. The summed E-state index contributed by atoms with van der Waals surface area (Å²) in [5.74, 6) is -0.170.